The molecule has 29 heavy (non-hydrogen) atoms. The van der Waals surface area contributed by atoms with E-state index in [1.807, 2.05) is 7.05 Å². The number of carbonyl (C=O) groups is 1. The number of carbonyl (C=O) groups excluding carboxylic acids is 1. The standard InChI is InChI=1S/C20H21ClFN5O2/c1-11-17(18(25-29-11)16-13(21)8-6-9-14(16)22)23-20(28)26(2)19-12-7-4-5-10-15(12)24-27(19)3/h6,8-9H,4-5,7,10H2,1-3H3,(H,23,28). The van der Waals surface area contributed by atoms with Crippen LogP contribution in [0.2, 0.25) is 5.02 Å². The Morgan fingerprint density at radius 3 is 2.86 bits per heavy atom. The summed E-state index contributed by atoms with van der Waals surface area (Å²) in [6, 6.07) is 3.95. The van der Waals surface area contributed by atoms with Crippen molar-refractivity contribution in [3.63, 3.8) is 0 Å². The summed E-state index contributed by atoms with van der Waals surface area (Å²) in [5.41, 5.74) is 2.65. The lowest BCUT2D eigenvalue weighted by atomic mass is 9.97. The Kier molecular flexibility index (Phi) is 5.04. The molecule has 0 saturated carbocycles. The normalized spacial score (nSPS) is 13.3. The lowest BCUT2D eigenvalue weighted by molar-refractivity contribution is 0.257. The highest BCUT2D eigenvalue weighted by Gasteiger charge is 2.27. The van der Waals surface area contributed by atoms with Crippen molar-refractivity contribution < 1.29 is 13.7 Å². The van der Waals surface area contributed by atoms with Crippen LogP contribution in [0.5, 0.6) is 0 Å². The predicted molar refractivity (Wildman–Crippen MR) is 109 cm³/mol. The number of halogens is 2. The van der Waals surface area contributed by atoms with Gasteiger partial charge in [0.15, 0.2) is 5.76 Å². The molecule has 1 aliphatic rings. The summed E-state index contributed by atoms with van der Waals surface area (Å²) in [7, 11) is 3.51. The molecule has 0 bridgehead atoms. The van der Waals surface area contributed by atoms with E-state index in [-0.39, 0.29) is 22.0 Å². The van der Waals surface area contributed by atoms with Gasteiger partial charge in [0.05, 0.1) is 16.3 Å². The predicted octanol–water partition coefficient (Wildman–Crippen LogP) is 4.72. The number of amides is 2. The number of aryl methyl sites for hydroxylation is 3. The maximum absolute atomic E-state index is 14.4. The van der Waals surface area contributed by atoms with Gasteiger partial charge in [0, 0.05) is 19.7 Å². The van der Waals surface area contributed by atoms with Crippen LogP contribution in [-0.2, 0) is 19.9 Å². The first kappa shape index (κ1) is 19.4. The van der Waals surface area contributed by atoms with Crippen LogP contribution in [0.4, 0.5) is 20.7 Å². The number of aromatic nitrogens is 3. The lowest BCUT2D eigenvalue weighted by Gasteiger charge is -2.21. The van der Waals surface area contributed by atoms with Crippen LogP contribution in [0, 0.1) is 12.7 Å². The second-order valence-corrected chi connectivity index (χ2v) is 7.53. The van der Waals surface area contributed by atoms with Gasteiger partial charge in [-0.25, -0.2) is 9.18 Å². The lowest BCUT2D eigenvalue weighted by Crippen LogP contribution is -2.33. The van der Waals surface area contributed by atoms with Crippen molar-refractivity contribution in [3.8, 4) is 11.3 Å². The van der Waals surface area contributed by atoms with Crippen molar-refractivity contribution in [2.75, 3.05) is 17.3 Å². The maximum atomic E-state index is 14.4. The van der Waals surface area contributed by atoms with Gasteiger partial charge in [-0.15, -0.1) is 0 Å². The monoisotopic (exact) mass is 417 g/mol. The fourth-order valence-electron chi connectivity index (χ4n) is 3.78. The summed E-state index contributed by atoms with van der Waals surface area (Å²) in [6.45, 7) is 1.65. The van der Waals surface area contributed by atoms with Gasteiger partial charge in [0.2, 0.25) is 0 Å². The van der Waals surface area contributed by atoms with E-state index in [0.717, 1.165) is 42.8 Å². The first-order chi connectivity index (χ1) is 13.9. The summed E-state index contributed by atoms with van der Waals surface area (Å²) >= 11 is 6.17. The van der Waals surface area contributed by atoms with E-state index < -0.39 is 11.8 Å². The molecule has 3 aromatic rings. The Bertz CT molecular complexity index is 1070. The van der Waals surface area contributed by atoms with E-state index in [4.69, 9.17) is 16.1 Å². The molecule has 7 nitrogen and oxygen atoms in total. The number of benzene rings is 1. The summed E-state index contributed by atoms with van der Waals surface area (Å²) in [6.07, 6.45) is 3.98. The number of fused-ring (bicyclic) bond motifs is 1. The Morgan fingerprint density at radius 1 is 1.34 bits per heavy atom. The molecule has 0 radical (unpaired) electrons. The smallest absolute Gasteiger partial charge is 0.327 e. The van der Waals surface area contributed by atoms with Crippen molar-refractivity contribution in [3.05, 3.63) is 46.1 Å². The SMILES string of the molecule is Cc1onc(-c2c(F)cccc2Cl)c1NC(=O)N(C)c1c2c(nn1C)CCCC2. The molecule has 2 amide bonds. The molecule has 9 heteroatoms. The Morgan fingerprint density at radius 2 is 2.10 bits per heavy atom. The Labute approximate surface area is 172 Å². The molecule has 0 aliphatic heterocycles. The number of urea groups is 1. The molecule has 0 unspecified atom stereocenters. The third kappa shape index (κ3) is 3.37. The van der Waals surface area contributed by atoms with E-state index in [1.54, 1.807) is 24.7 Å². The Hall–Kier alpha value is -2.87. The van der Waals surface area contributed by atoms with Gasteiger partial charge in [-0.05, 0) is 44.7 Å². The zero-order chi connectivity index (χ0) is 20.7. The molecule has 1 N–H and O–H groups in total. The minimum absolute atomic E-state index is 0.0851. The van der Waals surface area contributed by atoms with Gasteiger partial charge in [0.25, 0.3) is 0 Å². The number of rotatable bonds is 3. The highest BCUT2D eigenvalue weighted by Crippen LogP contribution is 2.37. The zero-order valence-electron chi connectivity index (χ0n) is 16.4. The van der Waals surface area contributed by atoms with Crippen LogP contribution in [0.25, 0.3) is 11.3 Å². The summed E-state index contributed by atoms with van der Waals surface area (Å²) < 4.78 is 21.3. The molecule has 0 atom stereocenters. The average Bonchev–Trinajstić information content (AvgIpc) is 3.21. The minimum atomic E-state index is -0.546. The zero-order valence-corrected chi connectivity index (χ0v) is 17.2. The minimum Gasteiger partial charge on any atom is -0.359 e. The molecule has 1 aliphatic carbocycles. The van der Waals surface area contributed by atoms with Crippen molar-refractivity contribution in [2.24, 2.45) is 7.05 Å². The van der Waals surface area contributed by atoms with Gasteiger partial charge in [-0.2, -0.15) is 5.10 Å². The molecular formula is C20H21ClFN5O2. The van der Waals surface area contributed by atoms with E-state index in [1.165, 1.54) is 17.0 Å². The fraction of sp³-hybridized carbons (Fsp3) is 0.350. The molecule has 1 aromatic carbocycles. The maximum Gasteiger partial charge on any atom is 0.327 e. The van der Waals surface area contributed by atoms with Gasteiger partial charge in [-0.3, -0.25) is 9.58 Å². The van der Waals surface area contributed by atoms with Crippen molar-refractivity contribution in [1.29, 1.82) is 0 Å². The highest BCUT2D eigenvalue weighted by molar-refractivity contribution is 6.33. The molecule has 0 saturated heterocycles. The fourth-order valence-corrected chi connectivity index (χ4v) is 4.04. The molecule has 0 fully saturated rings. The number of anilines is 2. The van der Waals surface area contributed by atoms with Crippen LogP contribution in [0.15, 0.2) is 22.7 Å². The van der Waals surface area contributed by atoms with E-state index >= 15 is 0 Å². The van der Waals surface area contributed by atoms with Gasteiger partial charge >= 0.3 is 6.03 Å². The van der Waals surface area contributed by atoms with Crippen LogP contribution in [0.3, 0.4) is 0 Å². The second kappa shape index (κ2) is 7.51. The third-order valence-corrected chi connectivity index (χ3v) is 5.52. The van der Waals surface area contributed by atoms with Crippen molar-refractivity contribution in [2.45, 2.75) is 32.6 Å². The van der Waals surface area contributed by atoms with Crippen LogP contribution >= 0.6 is 11.6 Å². The first-order valence-corrected chi connectivity index (χ1v) is 9.76. The number of nitrogens with one attached hydrogen (secondary N) is 1. The molecule has 4 rings (SSSR count). The quantitative estimate of drug-likeness (QED) is 0.668. The topological polar surface area (TPSA) is 76.2 Å². The molecule has 152 valence electrons. The summed E-state index contributed by atoms with van der Waals surface area (Å²) in [5, 5.41) is 11.5. The number of hydrogen-bond acceptors (Lipinski definition) is 4. The van der Waals surface area contributed by atoms with Crippen molar-refractivity contribution >= 4 is 29.1 Å². The third-order valence-electron chi connectivity index (χ3n) is 5.20. The molecular weight excluding hydrogens is 397 g/mol. The molecule has 2 heterocycles. The molecule has 0 spiro atoms. The van der Waals surface area contributed by atoms with Gasteiger partial charge < -0.3 is 9.84 Å². The van der Waals surface area contributed by atoms with Crippen LogP contribution in [0.1, 0.15) is 29.9 Å². The van der Waals surface area contributed by atoms with Gasteiger partial charge in [-0.1, -0.05) is 22.8 Å². The number of nitrogens with zero attached hydrogens (tertiary/aromatic N) is 4. The molecule has 2 aromatic heterocycles. The summed E-state index contributed by atoms with van der Waals surface area (Å²) in [5.74, 6) is 0.556. The van der Waals surface area contributed by atoms with Crippen LogP contribution < -0.4 is 10.2 Å². The number of hydrogen-bond donors (Lipinski definition) is 1. The van der Waals surface area contributed by atoms with Crippen LogP contribution in [-0.4, -0.2) is 28.0 Å². The highest BCUT2D eigenvalue weighted by atomic mass is 35.5. The largest absolute Gasteiger partial charge is 0.359 e. The van der Waals surface area contributed by atoms with Crippen molar-refractivity contribution in [1.82, 2.24) is 14.9 Å². The van der Waals surface area contributed by atoms with E-state index in [9.17, 15) is 9.18 Å². The Balaban J connectivity index is 1.67. The average molecular weight is 418 g/mol. The van der Waals surface area contributed by atoms with E-state index in [0.29, 0.717) is 5.76 Å². The second-order valence-electron chi connectivity index (χ2n) is 7.13. The van der Waals surface area contributed by atoms with E-state index in [2.05, 4.69) is 15.6 Å². The van der Waals surface area contributed by atoms with Gasteiger partial charge in [0.1, 0.15) is 23.0 Å². The first-order valence-electron chi connectivity index (χ1n) is 9.38. The summed E-state index contributed by atoms with van der Waals surface area (Å²) in [4.78, 5) is 14.5.